The van der Waals surface area contributed by atoms with Crippen molar-refractivity contribution in [2.75, 3.05) is 0 Å². The highest BCUT2D eigenvalue weighted by atomic mass is 16.5. The van der Waals surface area contributed by atoms with Gasteiger partial charge in [-0.3, -0.25) is 0 Å². The van der Waals surface area contributed by atoms with E-state index in [1.807, 2.05) is 19.1 Å². The minimum absolute atomic E-state index is 0.525. The van der Waals surface area contributed by atoms with E-state index >= 15 is 0 Å². The average Bonchev–Trinajstić information content (AvgIpc) is 2.65. The number of rotatable bonds is 0. The van der Waals surface area contributed by atoms with Crippen molar-refractivity contribution >= 4 is 16.7 Å². The Morgan fingerprint density at radius 3 is 3.07 bits per heavy atom. The first-order valence-electron chi connectivity index (χ1n) is 4.60. The van der Waals surface area contributed by atoms with Crippen molar-refractivity contribution in [3.8, 4) is 0 Å². The van der Waals surface area contributed by atoms with Crippen LogP contribution in [0.25, 0.3) is 16.7 Å². The molecule has 0 aliphatic carbocycles. The van der Waals surface area contributed by atoms with Gasteiger partial charge in [-0.2, -0.15) is 5.10 Å². The molecule has 2 aromatic heterocycles. The van der Waals surface area contributed by atoms with Crippen LogP contribution in [-0.2, 0) is 0 Å². The molecule has 0 aliphatic rings. The van der Waals surface area contributed by atoms with E-state index in [-0.39, 0.29) is 0 Å². The van der Waals surface area contributed by atoms with Crippen LogP contribution in [0.5, 0.6) is 0 Å². The lowest BCUT2D eigenvalue weighted by atomic mass is 10.2. The molecule has 0 atom stereocenters. The molecule has 15 heavy (non-hydrogen) atoms. The van der Waals surface area contributed by atoms with Gasteiger partial charge in [0.05, 0.1) is 6.20 Å². The molecular weight excluding hydrogens is 192 g/mol. The summed E-state index contributed by atoms with van der Waals surface area (Å²) < 4.78 is 1.66. The Hall–Kier alpha value is -2.17. The number of aromatic nitrogens is 4. The van der Waals surface area contributed by atoms with E-state index in [0.717, 1.165) is 11.1 Å². The Morgan fingerprint density at radius 1 is 1.33 bits per heavy atom. The summed E-state index contributed by atoms with van der Waals surface area (Å²) in [5, 5.41) is 19.6. The molecule has 0 amide bonds. The first kappa shape index (κ1) is 8.16. The highest BCUT2D eigenvalue weighted by molar-refractivity contribution is 5.74. The molecule has 0 bridgehead atoms. The maximum absolute atomic E-state index is 11.6. The highest BCUT2D eigenvalue weighted by Gasteiger charge is 2.11. The Kier molecular flexibility index (Phi) is 1.45. The van der Waals surface area contributed by atoms with Gasteiger partial charge in [0, 0.05) is 17.2 Å². The molecule has 5 nitrogen and oxygen atoms in total. The number of benzene rings is 1. The molecule has 0 N–H and O–H groups in total. The minimum atomic E-state index is 0.525. The summed E-state index contributed by atoms with van der Waals surface area (Å²) in [6.07, 6.45) is 1.63. The molecule has 0 saturated heterocycles. The van der Waals surface area contributed by atoms with Crippen LogP contribution in [0.3, 0.4) is 0 Å². The third-order valence-corrected chi connectivity index (χ3v) is 2.38. The second-order valence-electron chi connectivity index (χ2n) is 3.47. The second kappa shape index (κ2) is 2.66. The lowest BCUT2D eigenvalue weighted by molar-refractivity contribution is -0.640. The summed E-state index contributed by atoms with van der Waals surface area (Å²) in [5.74, 6) is 0. The molecule has 0 spiro atoms. The number of hydrogen-bond donors (Lipinski definition) is 0. The Bertz CT molecular complexity index is 659. The summed E-state index contributed by atoms with van der Waals surface area (Å²) in [7, 11) is 0. The van der Waals surface area contributed by atoms with Crippen LogP contribution in [0.1, 0.15) is 5.56 Å². The van der Waals surface area contributed by atoms with Gasteiger partial charge in [0.2, 0.25) is 5.65 Å². The van der Waals surface area contributed by atoms with Crippen molar-refractivity contribution in [1.82, 2.24) is 14.7 Å². The molecule has 2 heterocycles. The van der Waals surface area contributed by atoms with Crippen LogP contribution in [0.15, 0.2) is 30.5 Å². The summed E-state index contributed by atoms with van der Waals surface area (Å²) >= 11 is 0. The fourth-order valence-electron chi connectivity index (χ4n) is 1.67. The van der Waals surface area contributed by atoms with Crippen LogP contribution in [0.2, 0.25) is 0 Å². The molecule has 0 unspecified atom stereocenters. The Balaban J connectivity index is 2.63. The van der Waals surface area contributed by atoms with E-state index in [0.29, 0.717) is 16.0 Å². The van der Waals surface area contributed by atoms with E-state index in [2.05, 4.69) is 10.2 Å². The zero-order valence-electron chi connectivity index (χ0n) is 8.08. The first-order valence-corrected chi connectivity index (χ1v) is 4.60. The molecule has 0 fully saturated rings. The fraction of sp³-hybridized carbons (Fsp3) is 0.100. The van der Waals surface area contributed by atoms with E-state index in [9.17, 15) is 5.21 Å². The smallest absolute Gasteiger partial charge is 0.270 e. The standard InChI is InChI=1S/C10H8N4O/c1-7-2-3-8-9(6-7)13-10(4-5-11-13)12-14(8)15/h2-6H,1H3. The van der Waals surface area contributed by atoms with Crippen molar-refractivity contribution in [2.45, 2.75) is 6.92 Å². The highest BCUT2D eigenvalue weighted by Crippen LogP contribution is 2.12. The maximum atomic E-state index is 11.6. The minimum Gasteiger partial charge on any atom is -0.594 e. The Morgan fingerprint density at radius 2 is 2.20 bits per heavy atom. The van der Waals surface area contributed by atoms with E-state index < -0.39 is 0 Å². The third-order valence-electron chi connectivity index (χ3n) is 2.38. The first-order chi connectivity index (χ1) is 7.25. The Labute approximate surface area is 85.2 Å². The summed E-state index contributed by atoms with van der Waals surface area (Å²) in [5.41, 5.74) is 2.95. The number of hydrogen-bond acceptors (Lipinski definition) is 3. The van der Waals surface area contributed by atoms with Crippen LogP contribution in [0.4, 0.5) is 0 Å². The normalized spacial score (nSPS) is 11.3. The van der Waals surface area contributed by atoms with Gasteiger partial charge in [-0.25, -0.2) is 4.52 Å². The van der Waals surface area contributed by atoms with Gasteiger partial charge in [0.25, 0.3) is 5.52 Å². The molecule has 3 rings (SSSR count). The molecule has 74 valence electrons. The van der Waals surface area contributed by atoms with Crippen LogP contribution in [0, 0.1) is 12.1 Å². The SMILES string of the molecule is Cc1ccc2c(c1)n1nccc1n[n+]2[O-]. The van der Waals surface area contributed by atoms with Crippen molar-refractivity contribution in [3.05, 3.63) is 41.2 Å². The van der Waals surface area contributed by atoms with E-state index in [1.54, 1.807) is 22.8 Å². The third kappa shape index (κ3) is 1.06. The topological polar surface area (TPSA) is 57.1 Å². The quantitative estimate of drug-likeness (QED) is 0.399. The van der Waals surface area contributed by atoms with Crippen molar-refractivity contribution < 1.29 is 4.85 Å². The average molecular weight is 200 g/mol. The predicted octanol–water partition coefficient (Wildman–Crippen LogP) is 0.824. The molecule has 3 aromatic rings. The summed E-state index contributed by atoms with van der Waals surface area (Å²) in [6, 6.07) is 7.26. The van der Waals surface area contributed by atoms with Gasteiger partial charge < -0.3 is 5.21 Å². The van der Waals surface area contributed by atoms with Gasteiger partial charge in [0.1, 0.15) is 5.52 Å². The van der Waals surface area contributed by atoms with Gasteiger partial charge in [-0.05, 0) is 23.4 Å². The molecule has 0 aliphatic heterocycles. The summed E-state index contributed by atoms with van der Waals surface area (Å²) in [6.45, 7) is 1.98. The van der Waals surface area contributed by atoms with Crippen LogP contribution >= 0.6 is 0 Å². The zero-order chi connectivity index (χ0) is 10.4. The lowest BCUT2D eigenvalue weighted by Crippen LogP contribution is -2.33. The predicted molar refractivity (Wildman–Crippen MR) is 54.2 cm³/mol. The van der Waals surface area contributed by atoms with Gasteiger partial charge in [-0.1, -0.05) is 6.07 Å². The molecule has 0 radical (unpaired) electrons. The lowest BCUT2D eigenvalue weighted by Gasteiger charge is -2.01. The van der Waals surface area contributed by atoms with E-state index in [1.165, 1.54) is 0 Å². The van der Waals surface area contributed by atoms with Crippen LogP contribution < -0.4 is 4.85 Å². The van der Waals surface area contributed by atoms with Crippen molar-refractivity contribution in [2.24, 2.45) is 0 Å². The monoisotopic (exact) mass is 200 g/mol. The van der Waals surface area contributed by atoms with E-state index in [4.69, 9.17) is 0 Å². The summed E-state index contributed by atoms with van der Waals surface area (Å²) in [4.78, 5) is 0.631. The second-order valence-corrected chi connectivity index (χ2v) is 3.47. The van der Waals surface area contributed by atoms with Crippen molar-refractivity contribution in [1.29, 1.82) is 0 Å². The number of nitrogens with zero attached hydrogens (tertiary/aromatic N) is 4. The van der Waals surface area contributed by atoms with Crippen molar-refractivity contribution in [3.63, 3.8) is 0 Å². The van der Waals surface area contributed by atoms with Gasteiger partial charge in [-0.15, -0.1) is 0 Å². The number of fused-ring (bicyclic) bond motifs is 3. The largest absolute Gasteiger partial charge is 0.594 e. The zero-order valence-corrected chi connectivity index (χ0v) is 8.08. The molecule has 0 saturated carbocycles. The van der Waals surface area contributed by atoms with Crippen LogP contribution in [-0.4, -0.2) is 14.7 Å². The fourth-order valence-corrected chi connectivity index (χ4v) is 1.67. The molecule has 5 heteroatoms. The maximum Gasteiger partial charge on any atom is 0.270 e. The van der Waals surface area contributed by atoms with Gasteiger partial charge >= 0.3 is 0 Å². The van der Waals surface area contributed by atoms with Gasteiger partial charge in [0.15, 0.2) is 0 Å². The molecule has 1 aromatic carbocycles. The molecular formula is C10H8N4O. The number of aryl methyl sites for hydroxylation is 1.